The summed E-state index contributed by atoms with van der Waals surface area (Å²) in [5.41, 5.74) is 1.78. The summed E-state index contributed by atoms with van der Waals surface area (Å²) in [6.07, 6.45) is 0.0757. The van der Waals surface area contributed by atoms with Crippen LogP contribution in [0.25, 0.3) is 0 Å². The highest BCUT2D eigenvalue weighted by Gasteiger charge is 2.34. The lowest BCUT2D eigenvalue weighted by atomic mass is 10.1. The third kappa shape index (κ3) is 3.64. The maximum absolute atomic E-state index is 12.3. The number of halogens is 1. The maximum Gasteiger partial charge on any atom is 0.261 e. The van der Waals surface area contributed by atoms with Gasteiger partial charge in [-0.2, -0.15) is 0 Å². The summed E-state index contributed by atoms with van der Waals surface area (Å²) < 4.78 is 0.973. The molecule has 2 aromatic rings. The van der Waals surface area contributed by atoms with Crippen molar-refractivity contribution in [3.05, 3.63) is 69.7 Å². The van der Waals surface area contributed by atoms with Crippen LogP contribution < -0.4 is 5.32 Å². The molecule has 0 saturated heterocycles. The predicted molar refractivity (Wildman–Crippen MR) is 97.1 cm³/mol. The molecule has 1 heterocycles. The number of nitrogens with zero attached hydrogens (tertiary/aromatic N) is 1. The average Bonchev–Trinajstić information content (AvgIpc) is 2.85. The van der Waals surface area contributed by atoms with Crippen LogP contribution in [0, 0.1) is 0 Å². The Balaban J connectivity index is 1.57. The fourth-order valence-corrected chi connectivity index (χ4v) is 3.07. The van der Waals surface area contributed by atoms with E-state index in [0.29, 0.717) is 11.1 Å². The van der Waals surface area contributed by atoms with Gasteiger partial charge in [-0.05, 0) is 36.8 Å². The highest BCUT2D eigenvalue weighted by molar-refractivity contribution is 9.10. The van der Waals surface area contributed by atoms with Gasteiger partial charge in [-0.15, -0.1) is 0 Å². The molecule has 25 heavy (non-hydrogen) atoms. The number of hydrogen-bond donors (Lipinski definition) is 1. The average molecular weight is 401 g/mol. The van der Waals surface area contributed by atoms with Crippen LogP contribution in [0.3, 0.4) is 0 Å². The van der Waals surface area contributed by atoms with Crippen molar-refractivity contribution in [1.29, 1.82) is 0 Å². The number of rotatable bonds is 5. The Morgan fingerprint density at radius 2 is 1.60 bits per heavy atom. The van der Waals surface area contributed by atoms with E-state index in [0.717, 1.165) is 14.9 Å². The highest BCUT2D eigenvalue weighted by atomic mass is 79.9. The lowest BCUT2D eigenvalue weighted by Crippen LogP contribution is -2.35. The first-order valence-corrected chi connectivity index (χ1v) is 8.76. The molecule has 0 bridgehead atoms. The van der Waals surface area contributed by atoms with Crippen molar-refractivity contribution in [2.24, 2.45) is 0 Å². The van der Waals surface area contributed by atoms with Crippen LogP contribution in [0.15, 0.2) is 53.0 Å². The molecule has 5 nitrogen and oxygen atoms in total. The Morgan fingerprint density at radius 3 is 2.16 bits per heavy atom. The molecule has 1 unspecified atom stereocenters. The number of benzene rings is 2. The molecular weight excluding hydrogens is 384 g/mol. The zero-order valence-corrected chi connectivity index (χ0v) is 15.2. The molecule has 3 rings (SSSR count). The molecule has 0 spiro atoms. The second-order valence-electron chi connectivity index (χ2n) is 5.90. The first-order chi connectivity index (χ1) is 12.0. The van der Waals surface area contributed by atoms with Crippen molar-refractivity contribution >= 4 is 33.7 Å². The molecule has 1 aliphatic heterocycles. The van der Waals surface area contributed by atoms with Gasteiger partial charge in [0.2, 0.25) is 5.91 Å². The third-order valence-corrected chi connectivity index (χ3v) is 4.72. The van der Waals surface area contributed by atoms with E-state index in [9.17, 15) is 14.4 Å². The molecule has 0 saturated carbocycles. The van der Waals surface area contributed by atoms with E-state index in [1.165, 1.54) is 0 Å². The summed E-state index contributed by atoms with van der Waals surface area (Å²) in [6.45, 7) is 1.97. The number of carbonyl (C=O) groups is 3. The van der Waals surface area contributed by atoms with Crippen molar-refractivity contribution in [3.63, 3.8) is 0 Å². The standard InChI is InChI=1S/C19H17BrN2O3/c1-12(13-6-8-14(20)9-7-13)21-17(23)10-11-22-18(24)15-4-2-3-5-16(15)19(22)25/h2-9,12H,10-11H2,1H3,(H,21,23). The van der Waals surface area contributed by atoms with Gasteiger partial charge in [-0.25, -0.2) is 0 Å². The van der Waals surface area contributed by atoms with Crippen molar-refractivity contribution in [1.82, 2.24) is 10.2 Å². The molecular formula is C19H17BrN2O3. The Bertz CT molecular complexity index is 798. The molecule has 2 aromatic carbocycles. The highest BCUT2D eigenvalue weighted by Crippen LogP contribution is 2.22. The van der Waals surface area contributed by atoms with E-state index < -0.39 is 0 Å². The minimum atomic E-state index is -0.339. The molecule has 0 fully saturated rings. The van der Waals surface area contributed by atoms with Crippen LogP contribution in [0.4, 0.5) is 0 Å². The van der Waals surface area contributed by atoms with Gasteiger partial charge >= 0.3 is 0 Å². The molecule has 0 aliphatic carbocycles. The quantitative estimate of drug-likeness (QED) is 0.782. The van der Waals surface area contributed by atoms with E-state index in [2.05, 4.69) is 21.2 Å². The van der Waals surface area contributed by atoms with E-state index in [1.807, 2.05) is 31.2 Å². The Morgan fingerprint density at radius 1 is 1.04 bits per heavy atom. The molecule has 128 valence electrons. The van der Waals surface area contributed by atoms with Gasteiger partial charge in [0.05, 0.1) is 17.2 Å². The SMILES string of the molecule is CC(NC(=O)CCN1C(=O)c2ccccc2C1=O)c1ccc(Br)cc1. The topological polar surface area (TPSA) is 66.5 Å². The summed E-state index contributed by atoms with van der Waals surface area (Å²) in [6, 6.07) is 14.2. The lowest BCUT2D eigenvalue weighted by Gasteiger charge is -2.17. The lowest BCUT2D eigenvalue weighted by molar-refractivity contribution is -0.121. The van der Waals surface area contributed by atoms with E-state index in [-0.39, 0.29) is 36.7 Å². The van der Waals surface area contributed by atoms with Crippen LogP contribution in [0.2, 0.25) is 0 Å². The number of carbonyl (C=O) groups excluding carboxylic acids is 3. The number of fused-ring (bicyclic) bond motifs is 1. The van der Waals surface area contributed by atoms with Gasteiger partial charge in [0.25, 0.3) is 11.8 Å². The van der Waals surface area contributed by atoms with Gasteiger partial charge in [-0.3, -0.25) is 19.3 Å². The van der Waals surface area contributed by atoms with Crippen LogP contribution >= 0.6 is 15.9 Å². The van der Waals surface area contributed by atoms with E-state index in [4.69, 9.17) is 0 Å². The Hall–Kier alpha value is -2.47. The smallest absolute Gasteiger partial charge is 0.261 e. The molecule has 1 atom stereocenters. The number of imide groups is 1. The summed E-state index contributed by atoms with van der Waals surface area (Å²) in [4.78, 5) is 37.8. The first kappa shape index (κ1) is 17.4. The monoisotopic (exact) mass is 400 g/mol. The van der Waals surface area contributed by atoms with Crippen molar-refractivity contribution in [2.45, 2.75) is 19.4 Å². The fraction of sp³-hybridized carbons (Fsp3) is 0.211. The number of hydrogen-bond acceptors (Lipinski definition) is 3. The van der Waals surface area contributed by atoms with Crippen molar-refractivity contribution in [3.8, 4) is 0 Å². The van der Waals surface area contributed by atoms with Gasteiger partial charge < -0.3 is 5.32 Å². The Labute approximate surface area is 154 Å². The largest absolute Gasteiger partial charge is 0.350 e. The fourth-order valence-electron chi connectivity index (χ4n) is 2.80. The number of amides is 3. The summed E-state index contributed by atoms with van der Waals surface area (Å²) >= 11 is 3.37. The predicted octanol–water partition coefficient (Wildman–Crippen LogP) is 3.31. The summed E-state index contributed by atoms with van der Waals surface area (Å²) in [5, 5.41) is 2.89. The zero-order chi connectivity index (χ0) is 18.0. The van der Waals surface area contributed by atoms with Gasteiger partial charge in [-0.1, -0.05) is 40.2 Å². The van der Waals surface area contributed by atoms with Crippen LogP contribution in [0.5, 0.6) is 0 Å². The van der Waals surface area contributed by atoms with E-state index >= 15 is 0 Å². The van der Waals surface area contributed by atoms with Gasteiger partial charge in [0, 0.05) is 17.4 Å². The second-order valence-corrected chi connectivity index (χ2v) is 6.81. The Kier molecular flexibility index (Phi) is 4.99. The summed E-state index contributed by atoms with van der Waals surface area (Å²) in [5.74, 6) is -0.879. The third-order valence-electron chi connectivity index (χ3n) is 4.19. The van der Waals surface area contributed by atoms with Gasteiger partial charge in [0.1, 0.15) is 0 Å². The minimum absolute atomic E-state index is 0.0746. The maximum atomic E-state index is 12.3. The normalized spacial score (nSPS) is 14.4. The molecule has 3 amide bonds. The molecule has 1 N–H and O–H groups in total. The van der Waals surface area contributed by atoms with Crippen molar-refractivity contribution < 1.29 is 14.4 Å². The van der Waals surface area contributed by atoms with Crippen LogP contribution in [0.1, 0.15) is 45.7 Å². The van der Waals surface area contributed by atoms with E-state index in [1.54, 1.807) is 24.3 Å². The first-order valence-electron chi connectivity index (χ1n) is 7.97. The second kappa shape index (κ2) is 7.19. The van der Waals surface area contributed by atoms with Crippen LogP contribution in [-0.2, 0) is 4.79 Å². The molecule has 1 aliphatic rings. The molecule has 6 heteroatoms. The van der Waals surface area contributed by atoms with Crippen molar-refractivity contribution in [2.75, 3.05) is 6.54 Å². The van der Waals surface area contributed by atoms with Crippen LogP contribution in [-0.4, -0.2) is 29.2 Å². The molecule has 0 radical (unpaired) electrons. The number of nitrogens with one attached hydrogen (secondary N) is 1. The zero-order valence-electron chi connectivity index (χ0n) is 13.7. The molecule has 0 aromatic heterocycles. The minimum Gasteiger partial charge on any atom is -0.350 e. The summed E-state index contributed by atoms with van der Waals surface area (Å²) in [7, 11) is 0. The van der Waals surface area contributed by atoms with Gasteiger partial charge in [0.15, 0.2) is 0 Å².